The van der Waals surface area contributed by atoms with E-state index in [9.17, 15) is 0 Å². The van der Waals surface area contributed by atoms with Gasteiger partial charge in [0.2, 0.25) is 4.96 Å². The molecule has 0 atom stereocenters. The highest BCUT2D eigenvalue weighted by Crippen LogP contribution is 2.34. The topological polar surface area (TPSA) is 74.7 Å². The number of rotatable bonds is 6. The van der Waals surface area contributed by atoms with E-state index in [0.29, 0.717) is 23.7 Å². The second-order valence-electron chi connectivity index (χ2n) is 7.74. The van der Waals surface area contributed by atoms with Crippen LogP contribution in [0.3, 0.4) is 0 Å². The molecule has 0 saturated heterocycles. The summed E-state index contributed by atoms with van der Waals surface area (Å²) in [6.07, 6.45) is 3.54. The van der Waals surface area contributed by atoms with Crippen LogP contribution in [0.2, 0.25) is 0 Å². The molecule has 0 unspecified atom stereocenters. The number of imidazole rings is 1. The second-order valence-corrected chi connectivity index (χ2v) is 8.90. The van der Waals surface area contributed by atoms with E-state index in [0.717, 1.165) is 43.6 Å². The fourth-order valence-electron chi connectivity index (χ4n) is 3.86. The van der Waals surface area contributed by atoms with Crippen molar-refractivity contribution in [3.63, 3.8) is 0 Å². The van der Waals surface area contributed by atoms with Crippen molar-refractivity contribution in [2.45, 2.75) is 13.5 Å². The quantitative estimate of drug-likeness (QED) is 0.301. The molecule has 0 aliphatic carbocycles. The third-order valence-electron chi connectivity index (χ3n) is 5.47. The van der Waals surface area contributed by atoms with Crippen molar-refractivity contribution in [3.8, 4) is 34.2 Å². The lowest BCUT2D eigenvalue weighted by atomic mass is 10.1. The fourth-order valence-corrected chi connectivity index (χ4v) is 4.59. The van der Waals surface area contributed by atoms with Crippen LogP contribution in [-0.2, 0) is 6.61 Å². The van der Waals surface area contributed by atoms with Crippen LogP contribution in [0, 0.1) is 13.0 Å². The van der Waals surface area contributed by atoms with Gasteiger partial charge < -0.3 is 13.9 Å². The van der Waals surface area contributed by atoms with Crippen LogP contribution in [-0.4, -0.2) is 26.7 Å². The van der Waals surface area contributed by atoms with Gasteiger partial charge in [0.15, 0.2) is 5.76 Å². The summed E-state index contributed by atoms with van der Waals surface area (Å²) < 4.78 is 19.6. The Morgan fingerprint density at radius 2 is 2.03 bits per heavy atom. The van der Waals surface area contributed by atoms with Gasteiger partial charge in [-0.2, -0.15) is 5.10 Å². The van der Waals surface area contributed by atoms with Gasteiger partial charge in [-0.05, 0) is 37.3 Å². The summed E-state index contributed by atoms with van der Waals surface area (Å²) >= 11 is 1.54. The third-order valence-corrected chi connectivity index (χ3v) is 6.31. The molecule has 167 valence electrons. The average molecular weight is 468 g/mol. The van der Waals surface area contributed by atoms with Crippen LogP contribution in [0.15, 0.2) is 71.4 Å². The minimum atomic E-state index is 0.352. The molecule has 0 aliphatic heterocycles. The van der Waals surface area contributed by atoms with Crippen LogP contribution >= 0.6 is 11.3 Å². The molecule has 0 N–H and O–H groups in total. The lowest BCUT2D eigenvalue weighted by Crippen LogP contribution is -1.97. The number of furan rings is 1. The largest absolute Gasteiger partial charge is 0.497 e. The summed E-state index contributed by atoms with van der Waals surface area (Å²) in [5.74, 6) is 2.13. The zero-order valence-corrected chi connectivity index (χ0v) is 19.3. The van der Waals surface area contributed by atoms with E-state index in [1.807, 2.05) is 67.7 Å². The Hall–Kier alpha value is -4.17. The summed E-state index contributed by atoms with van der Waals surface area (Å²) in [6.45, 7) is 2.31. The molecule has 0 aliphatic rings. The van der Waals surface area contributed by atoms with Crippen LogP contribution in [0.5, 0.6) is 11.5 Å². The van der Waals surface area contributed by atoms with Gasteiger partial charge in [0, 0.05) is 34.8 Å². The summed E-state index contributed by atoms with van der Waals surface area (Å²) in [7, 11) is 1.64. The smallest absolute Gasteiger partial charge is 0.212 e. The molecule has 4 heterocycles. The molecular formula is C26H19N4O3S. The summed E-state index contributed by atoms with van der Waals surface area (Å²) in [5, 5.41) is 6.35. The Balaban J connectivity index is 1.32. The minimum Gasteiger partial charge on any atom is -0.497 e. The van der Waals surface area contributed by atoms with E-state index in [1.54, 1.807) is 29.2 Å². The van der Waals surface area contributed by atoms with Crippen molar-refractivity contribution in [2.24, 2.45) is 0 Å². The summed E-state index contributed by atoms with van der Waals surface area (Å²) in [6, 6.07) is 20.4. The van der Waals surface area contributed by atoms with Gasteiger partial charge in [-0.15, -0.1) is 0 Å². The molecule has 0 spiro atoms. The lowest BCUT2D eigenvalue weighted by molar-refractivity contribution is 0.307. The Kier molecular flexibility index (Phi) is 5.00. The predicted molar refractivity (Wildman–Crippen MR) is 130 cm³/mol. The second kappa shape index (κ2) is 8.31. The molecule has 0 amide bonds. The van der Waals surface area contributed by atoms with Crippen molar-refractivity contribution in [3.05, 3.63) is 83.6 Å². The monoisotopic (exact) mass is 467 g/mol. The predicted octanol–water partition coefficient (Wildman–Crippen LogP) is 5.96. The summed E-state index contributed by atoms with van der Waals surface area (Å²) in [5.41, 5.74) is 4.26. The van der Waals surface area contributed by atoms with E-state index >= 15 is 0 Å². The van der Waals surface area contributed by atoms with Crippen molar-refractivity contribution in [2.75, 3.05) is 7.11 Å². The number of fused-ring (bicyclic) bond motifs is 2. The van der Waals surface area contributed by atoms with Gasteiger partial charge in [0.25, 0.3) is 0 Å². The van der Waals surface area contributed by atoms with Gasteiger partial charge in [0.05, 0.1) is 19.0 Å². The van der Waals surface area contributed by atoms with Gasteiger partial charge in [0.1, 0.15) is 34.4 Å². The number of benzene rings is 2. The van der Waals surface area contributed by atoms with Gasteiger partial charge in [-0.3, -0.25) is 4.98 Å². The fraction of sp³-hybridized carbons (Fsp3) is 0.115. The first-order chi connectivity index (χ1) is 16.7. The molecule has 34 heavy (non-hydrogen) atoms. The van der Waals surface area contributed by atoms with Gasteiger partial charge >= 0.3 is 0 Å². The number of hydrogen-bond acceptors (Lipinski definition) is 7. The van der Waals surface area contributed by atoms with Crippen LogP contribution < -0.4 is 9.47 Å². The average Bonchev–Trinajstić information content (AvgIpc) is 3.55. The molecule has 0 saturated carbocycles. The number of ether oxygens (including phenoxy) is 2. The van der Waals surface area contributed by atoms with E-state index in [2.05, 4.69) is 21.1 Å². The van der Waals surface area contributed by atoms with Crippen molar-refractivity contribution < 1.29 is 13.9 Å². The van der Waals surface area contributed by atoms with E-state index < -0.39 is 0 Å². The number of nitrogens with zero attached hydrogens (tertiary/aromatic N) is 4. The van der Waals surface area contributed by atoms with Crippen LogP contribution in [0.25, 0.3) is 38.6 Å². The summed E-state index contributed by atoms with van der Waals surface area (Å²) in [4.78, 5) is 9.86. The molecule has 1 radical (unpaired) electrons. The van der Waals surface area contributed by atoms with E-state index in [-0.39, 0.29) is 0 Å². The Morgan fingerprint density at radius 1 is 1.09 bits per heavy atom. The van der Waals surface area contributed by atoms with Gasteiger partial charge in [-0.25, -0.2) is 9.50 Å². The molecular weight excluding hydrogens is 448 g/mol. The molecule has 7 nitrogen and oxygen atoms in total. The molecule has 0 fully saturated rings. The maximum Gasteiger partial charge on any atom is 0.212 e. The van der Waals surface area contributed by atoms with Crippen molar-refractivity contribution in [1.29, 1.82) is 0 Å². The first-order valence-corrected chi connectivity index (χ1v) is 11.5. The molecule has 8 heteroatoms. The van der Waals surface area contributed by atoms with Crippen molar-refractivity contribution in [1.82, 2.24) is 19.6 Å². The van der Waals surface area contributed by atoms with Crippen LogP contribution in [0.1, 0.15) is 10.6 Å². The highest BCUT2D eigenvalue weighted by Gasteiger charge is 2.16. The molecule has 2 aromatic carbocycles. The van der Waals surface area contributed by atoms with Gasteiger partial charge in [-0.1, -0.05) is 29.5 Å². The van der Waals surface area contributed by atoms with Crippen molar-refractivity contribution >= 4 is 27.3 Å². The Morgan fingerprint density at radius 3 is 2.85 bits per heavy atom. The number of aryl methyl sites for hydroxylation is 1. The van der Waals surface area contributed by atoms with E-state index in [4.69, 9.17) is 13.9 Å². The number of aromatic nitrogens is 4. The Bertz CT molecular complexity index is 1590. The highest BCUT2D eigenvalue weighted by molar-refractivity contribution is 7.16. The maximum atomic E-state index is 6.16. The standard InChI is InChI=1S/C26H19N4O3S/c1-16-29-30-14-23(28-26(30)34-16)25-13-21-18(11-20(31-2)12-24(21)33-25)15-32-19-7-5-6-17(10-19)22-8-3-4-9-27-22/h3,5-14H,15H2,1-2H3. The first kappa shape index (κ1) is 20.4. The minimum absolute atomic E-state index is 0.352. The maximum absolute atomic E-state index is 6.16. The first-order valence-electron chi connectivity index (χ1n) is 10.7. The number of pyridine rings is 1. The van der Waals surface area contributed by atoms with Crippen LogP contribution in [0.4, 0.5) is 0 Å². The lowest BCUT2D eigenvalue weighted by Gasteiger charge is -2.10. The zero-order chi connectivity index (χ0) is 23.1. The molecule has 4 aromatic heterocycles. The molecule has 6 aromatic rings. The molecule has 0 bridgehead atoms. The van der Waals surface area contributed by atoms with E-state index in [1.165, 1.54) is 0 Å². The number of hydrogen-bond donors (Lipinski definition) is 0. The highest BCUT2D eigenvalue weighted by atomic mass is 32.1. The Labute approximate surface area is 199 Å². The third kappa shape index (κ3) is 3.78. The zero-order valence-electron chi connectivity index (χ0n) is 18.5. The SMILES string of the molecule is COc1cc(COc2cccc(-c3cc[c]cn3)c2)c2cc(-c3cn4nc(C)sc4n3)oc2c1. The molecule has 6 rings (SSSR count). The normalized spacial score (nSPS) is 11.4. The number of methoxy groups -OCH3 is 1.